The van der Waals surface area contributed by atoms with Crippen molar-refractivity contribution in [3.05, 3.63) is 71.1 Å². The quantitative estimate of drug-likeness (QED) is 0.757. The van der Waals surface area contributed by atoms with Gasteiger partial charge in [0.2, 0.25) is 0 Å². The minimum absolute atomic E-state index is 0.0740. The lowest BCUT2D eigenvalue weighted by atomic mass is 10.0. The Labute approximate surface area is 147 Å². The number of aliphatic hydroxyl groups excluding tert-OH is 1. The van der Waals surface area contributed by atoms with Crippen LogP contribution in [-0.2, 0) is 6.61 Å². The standard InChI is InChI=1S/C18H12FN4OS/c19-16-7-13(17-8-20-23-22-17)5-6-15(16)11-1-3-12(4-2-11)18-21-14(9-24)10-25-18/h1-8,10,24H,9H2. The van der Waals surface area contributed by atoms with Crippen molar-refractivity contribution in [3.8, 4) is 21.7 Å². The molecule has 0 bridgehead atoms. The molecule has 25 heavy (non-hydrogen) atoms. The zero-order valence-electron chi connectivity index (χ0n) is 12.9. The van der Waals surface area contributed by atoms with Gasteiger partial charge in [0.1, 0.15) is 16.5 Å². The van der Waals surface area contributed by atoms with Gasteiger partial charge in [-0.3, -0.25) is 0 Å². The largest absolute Gasteiger partial charge is 0.390 e. The molecule has 0 fully saturated rings. The Morgan fingerprint density at radius 3 is 2.40 bits per heavy atom. The van der Waals surface area contributed by atoms with Gasteiger partial charge in [-0.15, -0.1) is 21.9 Å². The van der Waals surface area contributed by atoms with Crippen molar-refractivity contribution in [1.82, 2.24) is 10.4 Å². The molecule has 7 heteroatoms. The van der Waals surface area contributed by atoms with Crippen molar-refractivity contribution >= 4 is 17.0 Å². The molecule has 1 aliphatic rings. The van der Waals surface area contributed by atoms with Crippen LogP contribution < -0.4 is 5.43 Å². The number of thiazole rings is 1. The summed E-state index contributed by atoms with van der Waals surface area (Å²) >= 11 is 1.47. The highest BCUT2D eigenvalue weighted by molar-refractivity contribution is 7.13. The first kappa shape index (κ1) is 15.6. The summed E-state index contributed by atoms with van der Waals surface area (Å²) in [5, 5.41) is 19.1. The summed E-state index contributed by atoms with van der Waals surface area (Å²) in [7, 11) is 0. The maximum Gasteiger partial charge on any atom is 0.131 e. The van der Waals surface area contributed by atoms with Crippen molar-refractivity contribution in [3.63, 3.8) is 0 Å². The molecular weight excluding hydrogens is 339 g/mol. The summed E-state index contributed by atoms with van der Waals surface area (Å²) in [6, 6.07) is 12.5. The molecule has 1 aliphatic heterocycles. The first-order valence-electron chi connectivity index (χ1n) is 7.51. The molecule has 0 saturated carbocycles. The number of halogens is 1. The molecule has 1 N–H and O–H groups in total. The van der Waals surface area contributed by atoms with Gasteiger partial charge >= 0.3 is 0 Å². The van der Waals surface area contributed by atoms with Gasteiger partial charge in [-0.2, -0.15) is 0 Å². The molecule has 123 valence electrons. The summed E-state index contributed by atoms with van der Waals surface area (Å²) in [6.45, 7) is -0.0740. The van der Waals surface area contributed by atoms with Crippen molar-refractivity contribution < 1.29 is 9.50 Å². The van der Waals surface area contributed by atoms with E-state index in [0.29, 0.717) is 22.5 Å². The van der Waals surface area contributed by atoms with E-state index in [1.165, 1.54) is 23.6 Å². The number of hydrogen-bond donors (Lipinski definition) is 1. The van der Waals surface area contributed by atoms with Gasteiger partial charge in [0.15, 0.2) is 0 Å². The molecule has 2 heterocycles. The maximum absolute atomic E-state index is 14.5. The van der Waals surface area contributed by atoms with Crippen molar-refractivity contribution in [2.45, 2.75) is 6.61 Å². The van der Waals surface area contributed by atoms with E-state index < -0.39 is 0 Å². The van der Waals surface area contributed by atoms with E-state index in [-0.39, 0.29) is 12.4 Å². The SMILES string of the molecule is OCc1csc(-c2ccc(-c3ccc(C4=C[N]N=N4)cc3F)cc2)n1. The number of aliphatic hydroxyl groups is 1. The van der Waals surface area contributed by atoms with E-state index >= 15 is 0 Å². The average Bonchev–Trinajstić information content (AvgIpc) is 3.34. The summed E-state index contributed by atoms with van der Waals surface area (Å²) in [5.74, 6) is -0.329. The molecule has 0 saturated heterocycles. The fourth-order valence-electron chi connectivity index (χ4n) is 2.53. The first-order chi connectivity index (χ1) is 12.2. The minimum Gasteiger partial charge on any atom is -0.390 e. The van der Waals surface area contributed by atoms with E-state index in [9.17, 15) is 4.39 Å². The molecule has 1 radical (unpaired) electrons. The monoisotopic (exact) mass is 351 g/mol. The van der Waals surface area contributed by atoms with Crippen LogP contribution in [0.4, 0.5) is 4.39 Å². The van der Waals surface area contributed by atoms with Crippen LogP contribution in [0.5, 0.6) is 0 Å². The molecule has 4 rings (SSSR count). The highest BCUT2D eigenvalue weighted by atomic mass is 32.1. The van der Waals surface area contributed by atoms with Crippen LogP contribution in [0.15, 0.2) is 64.4 Å². The van der Waals surface area contributed by atoms with Gasteiger partial charge < -0.3 is 5.11 Å². The lowest BCUT2D eigenvalue weighted by Gasteiger charge is -2.06. The third kappa shape index (κ3) is 3.07. The lowest BCUT2D eigenvalue weighted by molar-refractivity contribution is 0.278. The number of benzene rings is 2. The first-order valence-corrected chi connectivity index (χ1v) is 8.39. The highest BCUT2D eigenvalue weighted by Crippen LogP contribution is 2.30. The smallest absolute Gasteiger partial charge is 0.131 e. The van der Waals surface area contributed by atoms with Crippen LogP contribution in [0, 0.1) is 5.82 Å². The van der Waals surface area contributed by atoms with Crippen molar-refractivity contribution in [2.75, 3.05) is 0 Å². The number of hydrogen-bond acceptors (Lipinski definition) is 5. The van der Waals surface area contributed by atoms with E-state index in [4.69, 9.17) is 5.11 Å². The molecule has 0 atom stereocenters. The summed E-state index contributed by atoms with van der Waals surface area (Å²) in [4.78, 5) is 4.33. The fourth-order valence-corrected chi connectivity index (χ4v) is 3.34. The molecule has 0 amide bonds. The van der Waals surface area contributed by atoms with Gasteiger partial charge in [0.25, 0.3) is 0 Å². The second-order valence-corrected chi connectivity index (χ2v) is 6.25. The molecule has 2 aromatic carbocycles. The Kier molecular flexibility index (Phi) is 4.09. The summed E-state index contributed by atoms with van der Waals surface area (Å²) < 4.78 is 14.5. The van der Waals surface area contributed by atoms with Gasteiger partial charge in [0.05, 0.1) is 18.5 Å². The zero-order chi connectivity index (χ0) is 17.2. The average molecular weight is 351 g/mol. The fraction of sp³-hybridized carbons (Fsp3) is 0.0556. The van der Waals surface area contributed by atoms with Crippen LogP contribution in [0.3, 0.4) is 0 Å². The van der Waals surface area contributed by atoms with E-state index in [2.05, 4.69) is 20.7 Å². The normalized spacial score (nSPS) is 13.0. The van der Waals surface area contributed by atoms with Gasteiger partial charge in [-0.05, 0) is 16.9 Å². The molecule has 5 nitrogen and oxygen atoms in total. The van der Waals surface area contributed by atoms with Gasteiger partial charge in [0, 0.05) is 22.1 Å². The van der Waals surface area contributed by atoms with Crippen LogP contribution in [0.2, 0.25) is 0 Å². The van der Waals surface area contributed by atoms with Crippen molar-refractivity contribution in [2.24, 2.45) is 10.3 Å². The van der Waals surface area contributed by atoms with Gasteiger partial charge in [-0.25, -0.2) is 9.37 Å². The Bertz CT molecular complexity index is 979. The third-order valence-corrected chi connectivity index (χ3v) is 4.75. The topological polar surface area (TPSA) is 71.9 Å². The third-order valence-electron chi connectivity index (χ3n) is 3.81. The minimum atomic E-state index is -0.329. The summed E-state index contributed by atoms with van der Waals surface area (Å²) in [5.41, 5.74) is 7.71. The highest BCUT2D eigenvalue weighted by Gasteiger charge is 2.11. The van der Waals surface area contributed by atoms with E-state index in [0.717, 1.165) is 16.1 Å². The van der Waals surface area contributed by atoms with Crippen LogP contribution in [-0.4, -0.2) is 10.1 Å². The number of aromatic nitrogens is 1. The van der Waals surface area contributed by atoms with Crippen LogP contribution in [0.25, 0.3) is 27.4 Å². The second-order valence-electron chi connectivity index (χ2n) is 5.39. The van der Waals surface area contributed by atoms with Crippen LogP contribution in [0.1, 0.15) is 11.3 Å². The maximum atomic E-state index is 14.5. The molecule has 0 spiro atoms. The van der Waals surface area contributed by atoms with Gasteiger partial charge in [-0.1, -0.05) is 36.4 Å². The van der Waals surface area contributed by atoms with E-state index in [1.54, 1.807) is 12.1 Å². The molecule has 3 aromatic rings. The molecule has 0 aliphatic carbocycles. The molecule has 0 unspecified atom stereocenters. The summed E-state index contributed by atoms with van der Waals surface area (Å²) in [6.07, 6.45) is 1.50. The molecule has 1 aromatic heterocycles. The predicted molar refractivity (Wildman–Crippen MR) is 93.8 cm³/mol. The Morgan fingerprint density at radius 2 is 1.76 bits per heavy atom. The van der Waals surface area contributed by atoms with E-state index in [1.807, 2.05) is 29.6 Å². The number of nitrogens with zero attached hydrogens (tertiary/aromatic N) is 4. The lowest BCUT2D eigenvalue weighted by Crippen LogP contribution is -1.89. The zero-order valence-corrected chi connectivity index (χ0v) is 13.7. The predicted octanol–water partition coefficient (Wildman–Crippen LogP) is 4.39. The number of rotatable bonds is 4. The van der Waals surface area contributed by atoms with Crippen LogP contribution >= 0.6 is 11.3 Å². The Hall–Kier alpha value is -2.90. The second kappa shape index (κ2) is 6.54. The Balaban J connectivity index is 1.62. The van der Waals surface area contributed by atoms with Crippen molar-refractivity contribution in [1.29, 1.82) is 0 Å². The molecular formula is C18H12FN4OS. The Morgan fingerprint density at radius 1 is 1.00 bits per heavy atom.